The zero-order chi connectivity index (χ0) is 12.9. The number of rotatable bonds is 3. The molecule has 0 N–H and O–H groups in total. The molecule has 0 amide bonds. The first-order valence-corrected chi connectivity index (χ1v) is 6.70. The van der Waals surface area contributed by atoms with Crippen LogP contribution in [0.2, 0.25) is 0 Å². The van der Waals surface area contributed by atoms with Gasteiger partial charge >= 0.3 is 0 Å². The van der Waals surface area contributed by atoms with Gasteiger partial charge in [-0.15, -0.1) is 0 Å². The van der Waals surface area contributed by atoms with Crippen LogP contribution in [0.3, 0.4) is 0 Å². The summed E-state index contributed by atoms with van der Waals surface area (Å²) < 4.78 is 6.57. The summed E-state index contributed by atoms with van der Waals surface area (Å²) in [4.78, 5) is 0. The van der Waals surface area contributed by atoms with Gasteiger partial charge in [-0.1, -0.05) is 25.3 Å². The minimum atomic E-state index is -0.00948. The van der Waals surface area contributed by atoms with E-state index >= 15 is 0 Å². The molecule has 1 nitrogen and oxygen atoms in total. The summed E-state index contributed by atoms with van der Waals surface area (Å²) in [6.07, 6.45) is 6.33. The van der Waals surface area contributed by atoms with E-state index in [1.165, 1.54) is 0 Å². The number of unbranched alkanes of at least 4 members (excludes halogenated alkanes) is 1. The van der Waals surface area contributed by atoms with Gasteiger partial charge in [-0.2, -0.15) is 0 Å². The van der Waals surface area contributed by atoms with Gasteiger partial charge in [0.2, 0.25) is 0 Å². The fourth-order valence-corrected chi connectivity index (χ4v) is 1.57. The van der Waals surface area contributed by atoms with E-state index < -0.39 is 0 Å². The Morgan fingerprint density at radius 2 is 2.12 bits per heavy atom. The fourth-order valence-electron chi connectivity index (χ4n) is 1.16. The molecular formula is C15H19BrO. The van der Waals surface area contributed by atoms with Crippen molar-refractivity contribution in [2.45, 2.75) is 40.5 Å². The van der Waals surface area contributed by atoms with Crippen LogP contribution in [0.1, 0.15) is 52.1 Å². The first-order valence-electron chi connectivity index (χ1n) is 5.91. The summed E-state index contributed by atoms with van der Waals surface area (Å²) in [7, 11) is 0. The van der Waals surface area contributed by atoms with Crippen LogP contribution in [0.4, 0.5) is 0 Å². The lowest BCUT2D eigenvalue weighted by Gasteiger charge is -2.06. The topological polar surface area (TPSA) is 13.1 Å². The molecule has 0 bridgehead atoms. The van der Waals surface area contributed by atoms with Crippen molar-refractivity contribution in [1.82, 2.24) is 0 Å². The van der Waals surface area contributed by atoms with Crippen molar-refractivity contribution in [1.29, 1.82) is 0 Å². The molecule has 1 aromatic rings. The molecule has 2 heteroatoms. The lowest BCUT2D eigenvalue weighted by atomic mass is 9.98. The van der Waals surface area contributed by atoms with E-state index in [1.807, 2.05) is 12.1 Å². The Morgan fingerprint density at radius 3 is 2.71 bits per heavy atom. The molecule has 0 saturated heterocycles. The summed E-state index contributed by atoms with van der Waals surface area (Å²) in [6.45, 7) is 8.40. The van der Waals surface area contributed by atoms with Crippen LogP contribution in [-0.4, -0.2) is 0 Å². The van der Waals surface area contributed by atoms with Crippen LogP contribution < -0.4 is 0 Å². The van der Waals surface area contributed by atoms with Gasteiger partial charge in [-0.3, -0.25) is 0 Å². The van der Waals surface area contributed by atoms with Crippen LogP contribution in [0, 0.1) is 17.3 Å². The average molecular weight is 295 g/mol. The SMILES string of the molecule is CCC/C=C/c1cc(Br)c(C#CC(C)(C)C)o1. The molecule has 0 atom stereocenters. The van der Waals surface area contributed by atoms with Crippen molar-refractivity contribution in [2.24, 2.45) is 5.41 Å². The Hall–Kier alpha value is -0.940. The van der Waals surface area contributed by atoms with E-state index in [-0.39, 0.29) is 5.41 Å². The molecule has 1 aromatic heterocycles. The Labute approximate surface area is 112 Å². The highest BCUT2D eigenvalue weighted by atomic mass is 79.9. The summed E-state index contributed by atoms with van der Waals surface area (Å²) in [5.41, 5.74) is -0.00948. The second-order valence-corrected chi connectivity index (χ2v) is 5.87. The normalized spacial score (nSPS) is 11.6. The maximum absolute atomic E-state index is 5.65. The zero-order valence-electron chi connectivity index (χ0n) is 10.9. The molecular weight excluding hydrogens is 276 g/mol. The summed E-state index contributed by atoms with van der Waals surface area (Å²) in [5.74, 6) is 7.78. The number of allylic oxidation sites excluding steroid dienone is 1. The van der Waals surface area contributed by atoms with Gasteiger partial charge in [-0.05, 0) is 61.2 Å². The Kier molecular flexibility index (Phi) is 5.08. The molecule has 1 heterocycles. The predicted octanol–water partition coefficient (Wildman–Crippen LogP) is 5.25. The monoisotopic (exact) mass is 294 g/mol. The van der Waals surface area contributed by atoms with Gasteiger partial charge in [0.15, 0.2) is 5.76 Å². The van der Waals surface area contributed by atoms with Crippen molar-refractivity contribution in [3.8, 4) is 11.8 Å². The van der Waals surface area contributed by atoms with Crippen molar-refractivity contribution >= 4 is 22.0 Å². The molecule has 1 rings (SSSR count). The highest BCUT2D eigenvalue weighted by Gasteiger charge is 2.07. The zero-order valence-corrected chi connectivity index (χ0v) is 12.5. The van der Waals surface area contributed by atoms with Crippen LogP contribution in [0.5, 0.6) is 0 Å². The van der Waals surface area contributed by atoms with Gasteiger partial charge < -0.3 is 4.42 Å². The summed E-state index contributed by atoms with van der Waals surface area (Å²) >= 11 is 3.46. The van der Waals surface area contributed by atoms with E-state index in [4.69, 9.17) is 4.42 Å². The first kappa shape index (κ1) is 14.1. The van der Waals surface area contributed by atoms with E-state index in [0.29, 0.717) is 5.76 Å². The van der Waals surface area contributed by atoms with Crippen molar-refractivity contribution in [2.75, 3.05) is 0 Å². The Bertz CT molecular complexity index is 449. The molecule has 92 valence electrons. The molecule has 0 spiro atoms. The molecule has 0 unspecified atom stereocenters. The molecule has 0 fully saturated rings. The standard InChI is InChI=1S/C15H19BrO/c1-5-6-7-8-12-11-13(16)14(17-12)9-10-15(2,3)4/h7-8,11H,5-6H2,1-4H3/b8-7+. The third-order valence-corrected chi connectivity index (χ3v) is 2.58. The van der Waals surface area contributed by atoms with Gasteiger partial charge in [0.1, 0.15) is 5.76 Å². The molecule has 17 heavy (non-hydrogen) atoms. The molecule has 0 saturated carbocycles. The second kappa shape index (κ2) is 6.12. The molecule has 0 radical (unpaired) electrons. The van der Waals surface area contributed by atoms with Crippen LogP contribution in [-0.2, 0) is 0 Å². The van der Waals surface area contributed by atoms with Gasteiger partial charge in [-0.25, -0.2) is 0 Å². The summed E-state index contributed by atoms with van der Waals surface area (Å²) in [6, 6.07) is 1.96. The average Bonchev–Trinajstić information content (AvgIpc) is 2.56. The maximum atomic E-state index is 5.65. The van der Waals surface area contributed by atoms with Crippen molar-refractivity contribution in [3.63, 3.8) is 0 Å². The van der Waals surface area contributed by atoms with E-state index in [2.05, 4.69) is 61.5 Å². The highest BCUT2D eigenvalue weighted by molar-refractivity contribution is 9.10. The number of hydrogen-bond donors (Lipinski definition) is 0. The molecule has 0 aliphatic heterocycles. The third kappa shape index (κ3) is 5.28. The number of halogens is 1. The predicted molar refractivity (Wildman–Crippen MR) is 76.7 cm³/mol. The lowest BCUT2D eigenvalue weighted by Crippen LogP contribution is -1.99. The largest absolute Gasteiger partial charge is 0.447 e. The van der Waals surface area contributed by atoms with Gasteiger partial charge in [0.05, 0.1) is 4.47 Å². The minimum absolute atomic E-state index is 0.00948. The van der Waals surface area contributed by atoms with E-state index in [1.54, 1.807) is 0 Å². The Morgan fingerprint density at radius 1 is 1.41 bits per heavy atom. The van der Waals surface area contributed by atoms with E-state index in [0.717, 1.165) is 23.1 Å². The van der Waals surface area contributed by atoms with Crippen molar-refractivity contribution in [3.05, 3.63) is 28.1 Å². The fraction of sp³-hybridized carbons (Fsp3) is 0.467. The smallest absolute Gasteiger partial charge is 0.191 e. The van der Waals surface area contributed by atoms with E-state index in [9.17, 15) is 0 Å². The number of furan rings is 1. The highest BCUT2D eigenvalue weighted by Crippen LogP contribution is 2.22. The summed E-state index contributed by atoms with van der Waals surface area (Å²) in [5, 5.41) is 0. The minimum Gasteiger partial charge on any atom is -0.447 e. The van der Waals surface area contributed by atoms with Crippen LogP contribution >= 0.6 is 15.9 Å². The van der Waals surface area contributed by atoms with Crippen LogP contribution in [0.15, 0.2) is 21.0 Å². The quantitative estimate of drug-likeness (QED) is 0.694. The van der Waals surface area contributed by atoms with Gasteiger partial charge in [0, 0.05) is 5.41 Å². The number of hydrogen-bond acceptors (Lipinski definition) is 1. The molecule has 0 aliphatic rings. The molecule has 0 aromatic carbocycles. The maximum Gasteiger partial charge on any atom is 0.191 e. The first-order chi connectivity index (χ1) is 7.92. The van der Waals surface area contributed by atoms with Crippen molar-refractivity contribution < 1.29 is 4.42 Å². The lowest BCUT2D eigenvalue weighted by molar-refractivity contribution is 0.538. The van der Waals surface area contributed by atoms with Crippen LogP contribution in [0.25, 0.3) is 6.08 Å². The Balaban J connectivity index is 2.85. The molecule has 0 aliphatic carbocycles. The second-order valence-electron chi connectivity index (χ2n) is 5.02. The van der Waals surface area contributed by atoms with Gasteiger partial charge in [0.25, 0.3) is 0 Å². The third-order valence-electron chi connectivity index (χ3n) is 1.99.